The number of fused-ring (bicyclic) bond motifs is 2. The highest BCUT2D eigenvalue weighted by molar-refractivity contribution is 4.97. The summed E-state index contributed by atoms with van der Waals surface area (Å²) in [7, 11) is 0. The molecule has 3 aliphatic heterocycles. The van der Waals surface area contributed by atoms with E-state index in [1.54, 1.807) is 0 Å². The van der Waals surface area contributed by atoms with E-state index < -0.39 is 0 Å². The van der Waals surface area contributed by atoms with Gasteiger partial charge in [-0.15, -0.1) is 0 Å². The number of rotatable bonds is 2. The van der Waals surface area contributed by atoms with Crippen molar-refractivity contribution in [2.24, 2.45) is 5.73 Å². The molecule has 0 aliphatic carbocycles. The highest BCUT2D eigenvalue weighted by atomic mass is 16.7. The molecule has 3 unspecified atom stereocenters. The number of piperidine rings is 1. The monoisotopic (exact) mass is 226 g/mol. The first-order valence-corrected chi connectivity index (χ1v) is 6.53. The standard InChI is InChI=1S/C12H22N2O2/c13-9-5-10-1-2-11(6-9)14(10)7-12-3-4-15-8-16-12/h9-12H,1-8,13H2. The maximum absolute atomic E-state index is 6.07. The minimum absolute atomic E-state index is 0.381. The lowest BCUT2D eigenvalue weighted by molar-refractivity contribution is -0.148. The van der Waals surface area contributed by atoms with Gasteiger partial charge in [-0.25, -0.2) is 0 Å². The van der Waals surface area contributed by atoms with Crippen molar-refractivity contribution in [2.45, 2.75) is 56.3 Å². The van der Waals surface area contributed by atoms with Crippen LogP contribution < -0.4 is 5.73 Å². The number of hydrogen-bond donors (Lipinski definition) is 1. The lowest BCUT2D eigenvalue weighted by atomic mass is 9.97. The predicted octanol–water partition coefficient (Wildman–Crippen LogP) is 0.703. The zero-order valence-corrected chi connectivity index (χ0v) is 9.81. The van der Waals surface area contributed by atoms with E-state index in [0.717, 1.165) is 31.7 Å². The van der Waals surface area contributed by atoms with Crippen molar-refractivity contribution in [1.29, 1.82) is 0 Å². The first kappa shape index (κ1) is 11.0. The molecule has 3 saturated heterocycles. The fraction of sp³-hybridized carbons (Fsp3) is 1.00. The molecule has 0 radical (unpaired) electrons. The van der Waals surface area contributed by atoms with Crippen molar-refractivity contribution >= 4 is 0 Å². The lowest BCUT2D eigenvalue weighted by Crippen LogP contribution is -2.50. The molecule has 3 aliphatic rings. The largest absolute Gasteiger partial charge is 0.355 e. The Morgan fingerprint density at radius 2 is 1.88 bits per heavy atom. The molecule has 2 bridgehead atoms. The summed E-state index contributed by atoms with van der Waals surface area (Å²) in [4.78, 5) is 2.65. The van der Waals surface area contributed by atoms with Gasteiger partial charge in [0.15, 0.2) is 0 Å². The molecule has 3 heterocycles. The maximum atomic E-state index is 6.07. The number of hydrogen-bond acceptors (Lipinski definition) is 4. The van der Waals surface area contributed by atoms with Crippen LogP contribution in [0.3, 0.4) is 0 Å². The van der Waals surface area contributed by atoms with Crippen LogP contribution in [0.1, 0.15) is 32.1 Å². The van der Waals surface area contributed by atoms with Gasteiger partial charge in [0.1, 0.15) is 6.79 Å². The van der Waals surface area contributed by atoms with Crippen LogP contribution in [-0.2, 0) is 9.47 Å². The van der Waals surface area contributed by atoms with Gasteiger partial charge in [0.05, 0.1) is 12.7 Å². The van der Waals surface area contributed by atoms with Crippen LogP contribution in [0.5, 0.6) is 0 Å². The molecule has 3 rings (SSSR count). The Bertz CT molecular complexity index is 229. The van der Waals surface area contributed by atoms with E-state index >= 15 is 0 Å². The summed E-state index contributed by atoms with van der Waals surface area (Å²) in [5.74, 6) is 0. The van der Waals surface area contributed by atoms with E-state index in [4.69, 9.17) is 15.2 Å². The van der Waals surface area contributed by atoms with Gasteiger partial charge >= 0.3 is 0 Å². The molecule has 0 saturated carbocycles. The van der Waals surface area contributed by atoms with Crippen molar-refractivity contribution in [3.8, 4) is 0 Å². The van der Waals surface area contributed by atoms with Gasteiger partial charge in [0, 0.05) is 24.7 Å². The smallest absolute Gasteiger partial charge is 0.147 e. The molecule has 0 spiro atoms. The molecule has 92 valence electrons. The van der Waals surface area contributed by atoms with Crippen molar-refractivity contribution < 1.29 is 9.47 Å². The summed E-state index contributed by atoms with van der Waals surface area (Å²) in [6.07, 6.45) is 6.45. The van der Waals surface area contributed by atoms with E-state index in [1.165, 1.54) is 25.7 Å². The molecule has 3 fully saturated rings. The second-order valence-corrected chi connectivity index (χ2v) is 5.42. The molecule has 0 aromatic carbocycles. The zero-order chi connectivity index (χ0) is 11.0. The number of nitrogens with zero attached hydrogens (tertiary/aromatic N) is 1. The molecular formula is C12H22N2O2. The van der Waals surface area contributed by atoms with Crippen molar-refractivity contribution in [3.05, 3.63) is 0 Å². The average molecular weight is 226 g/mol. The minimum Gasteiger partial charge on any atom is -0.355 e. The van der Waals surface area contributed by atoms with Crippen LogP contribution in [-0.4, -0.2) is 49.1 Å². The summed E-state index contributed by atoms with van der Waals surface area (Å²) in [6, 6.07) is 1.88. The summed E-state index contributed by atoms with van der Waals surface area (Å²) in [5.41, 5.74) is 6.07. The van der Waals surface area contributed by atoms with Crippen molar-refractivity contribution in [1.82, 2.24) is 4.90 Å². The average Bonchev–Trinajstić information content (AvgIpc) is 2.54. The third kappa shape index (κ3) is 2.12. The lowest BCUT2D eigenvalue weighted by Gasteiger charge is -2.40. The van der Waals surface area contributed by atoms with Gasteiger partial charge in [-0.1, -0.05) is 0 Å². The van der Waals surface area contributed by atoms with Gasteiger partial charge in [-0.2, -0.15) is 0 Å². The molecule has 0 aromatic rings. The van der Waals surface area contributed by atoms with Gasteiger partial charge in [0.25, 0.3) is 0 Å². The molecule has 4 nitrogen and oxygen atoms in total. The van der Waals surface area contributed by atoms with Crippen LogP contribution in [0.4, 0.5) is 0 Å². The molecule has 4 heteroatoms. The molecule has 3 atom stereocenters. The van der Waals surface area contributed by atoms with Crippen molar-refractivity contribution in [2.75, 3.05) is 19.9 Å². The Labute approximate surface area is 97.1 Å². The Morgan fingerprint density at radius 3 is 2.50 bits per heavy atom. The summed E-state index contributed by atoms with van der Waals surface area (Å²) in [6.45, 7) is 2.42. The number of nitrogens with two attached hydrogens (primary N) is 1. The fourth-order valence-electron chi connectivity index (χ4n) is 3.49. The van der Waals surface area contributed by atoms with Gasteiger partial charge < -0.3 is 15.2 Å². The topological polar surface area (TPSA) is 47.7 Å². The summed E-state index contributed by atoms with van der Waals surface area (Å²) in [5, 5.41) is 0. The molecule has 0 aromatic heterocycles. The first-order chi connectivity index (χ1) is 7.83. The molecule has 16 heavy (non-hydrogen) atoms. The Hall–Kier alpha value is -0.160. The quantitative estimate of drug-likeness (QED) is 0.753. The number of ether oxygens (including phenoxy) is 2. The van der Waals surface area contributed by atoms with Crippen LogP contribution >= 0.6 is 0 Å². The van der Waals surface area contributed by atoms with E-state index in [0.29, 0.717) is 18.9 Å². The Morgan fingerprint density at radius 1 is 1.12 bits per heavy atom. The van der Waals surface area contributed by atoms with Gasteiger partial charge in [0.2, 0.25) is 0 Å². The highest BCUT2D eigenvalue weighted by Crippen LogP contribution is 2.35. The third-order valence-corrected chi connectivity index (χ3v) is 4.31. The second kappa shape index (κ2) is 4.61. The maximum Gasteiger partial charge on any atom is 0.147 e. The fourth-order valence-corrected chi connectivity index (χ4v) is 3.49. The van der Waals surface area contributed by atoms with Crippen LogP contribution in [0.25, 0.3) is 0 Å². The van der Waals surface area contributed by atoms with Crippen LogP contribution in [0.2, 0.25) is 0 Å². The first-order valence-electron chi connectivity index (χ1n) is 6.53. The Kier molecular flexibility index (Phi) is 3.16. The van der Waals surface area contributed by atoms with Crippen molar-refractivity contribution in [3.63, 3.8) is 0 Å². The molecular weight excluding hydrogens is 204 g/mol. The SMILES string of the molecule is NC1CC2CCC(C1)N2CC1CCOCO1. The normalized spacial score (nSPS) is 44.8. The van der Waals surface area contributed by atoms with Gasteiger partial charge in [-0.3, -0.25) is 4.90 Å². The van der Waals surface area contributed by atoms with E-state index in [1.807, 2.05) is 0 Å². The molecule has 2 N–H and O–H groups in total. The highest BCUT2D eigenvalue weighted by Gasteiger charge is 2.40. The van der Waals surface area contributed by atoms with Crippen LogP contribution in [0, 0.1) is 0 Å². The zero-order valence-electron chi connectivity index (χ0n) is 9.81. The Balaban J connectivity index is 1.58. The van der Waals surface area contributed by atoms with E-state index in [9.17, 15) is 0 Å². The van der Waals surface area contributed by atoms with E-state index in [2.05, 4.69) is 4.90 Å². The third-order valence-electron chi connectivity index (χ3n) is 4.31. The minimum atomic E-state index is 0.381. The molecule has 0 amide bonds. The van der Waals surface area contributed by atoms with E-state index in [-0.39, 0.29) is 0 Å². The summed E-state index contributed by atoms with van der Waals surface area (Å²) >= 11 is 0. The second-order valence-electron chi connectivity index (χ2n) is 5.42. The van der Waals surface area contributed by atoms with Crippen LogP contribution in [0.15, 0.2) is 0 Å². The van der Waals surface area contributed by atoms with Gasteiger partial charge in [-0.05, 0) is 32.1 Å². The predicted molar refractivity (Wildman–Crippen MR) is 61.0 cm³/mol. The summed E-state index contributed by atoms with van der Waals surface area (Å²) < 4.78 is 10.9.